The number of hydrogen-bond acceptors (Lipinski definition) is 3. The summed E-state index contributed by atoms with van der Waals surface area (Å²) >= 11 is 3.38. The molecule has 2 N–H and O–H groups in total. The maximum absolute atomic E-state index is 12.2. The van der Waals surface area contributed by atoms with Crippen LogP contribution < -0.4 is 10.6 Å². The predicted octanol–water partition coefficient (Wildman–Crippen LogP) is 2.57. The lowest BCUT2D eigenvalue weighted by Gasteiger charge is -2.20. The largest absolute Gasteiger partial charge is 0.362 e. The van der Waals surface area contributed by atoms with E-state index in [2.05, 4.69) is 26.6 Å². The Morgan fingerprint density at radius 3 is 2.95 bits per heavy atom. The number of benzene rings is 1. The van der Waals surface area contributed by atoms with E-state index >= 15 is 0 Å². The molecule has 0 bridgehead atoms. The highest BCUT2D eigenvalue weighted by Gasteiger charge is 2.28. The van der Waals surface area contributed by atoms with Crippen molar-refractivity contribution in [3.05, 3.63) is 40.5 Å². The van der Waals surface area contributed by atoms with Crippen molar-refractivity contribution in [2.24, 2.45) is 0 Å². The van der Waals surface area contributed by atoms with Gasteiger partial charge in [-0.1, -0.05) is 28.9 Å². The molecule has 4 nitrogen and oxygen atoms in total. The molecule has 1 unspecified atom stereocenters. The fourth-order valence-electron chi connectivity index (χ4n) is 1.96. The number of fused-ring (bicyclic) bond motifs is 1. The Labute approximate surface area is 120 Å². The third kappa shape index (κ3) is 3.04. The number of ketones is 1. The van der Waals surface area contributed by atoms with Crippen LogP contribution in [0.4, 0.5) is 5.69 Å². The molecule has 0 radical (unpaired) electrons. The minimum absolute atomic E-state index is 0.425. The number of allylic oxidation sites excluding steroid dienone is 1. The topological polar surface area (TPSA) is 58.2 Å². The molecule has 0 spiro atoms. The van der Waals surface area contributed by atoms with Crippen molar-refractivity contribution in [2.45, 2.75) is 19.3 Å². The first-order valence-corrected chi connectivity index (χ1v) is 6.97. The fourth-order valence-corrected chi connectivity index (χ4v) is 2.33. The van der Waals surface area contributed by atoms with Crippen LogP contribution in [0.15, 0.2) is 34.9 Å². The summed E-state index contributed by atoms with van der Waals surface area (Å²) in [5.41, 5.74) is 1.67. The molecule has 0 aliphatic carbocycles. The van der Waals surface area contributed by atoms with Gasteiger partial charge in [0.1, 0.15) is 0 Å². The molecule has 2 rings (SSSR count). The van der Waals surface area contributed by atoms with Crippen LogP contribution in [0.2, 0.25) is 0 Å². The number of nitrogens with one attached hydrogen (secondary N) is 2. The van der Waals surface area contributed by atoms with E-state index < -0.39 is 17.6 Å². The average molecular weight is 323 g/mol. The summed E-state index contributed by atoms with van der Waals surface area (Å²) in [4.78, 5) is 23.9. The maximum Gasteiger partial charge on any atom is 0.288 e. The standard InChI is InChI=1S/C14H15BrN2O2/c1-2-6-17-14(19)13(18)10-5-7-16-12-4-3-9(15)8-11(10)12/h3-5,7-8,10,16H,2,6H2,1H3,(H,17,19). The van der Waals surface area contributed by atoms with Crippen molar-refractivity contribution in [2.75, 3.05) is 11.9 Å². The number of carbonyl (C=O) groups excluding carboxylic acids is 2. The Kier molecular flexibility index (Phi) is 4.37. The van der Waals surface area contributed by atoms with Gasteiger partial charge in [0.2, 0.25) is 5.78 Å². The van der Waals surface area contributed by atoms with Crippen LogP contribution >= 0.6 is 15.9 Å². The van der Waals surface area contributed by atoms with Gasteiger partial charge in [-0.05, 0) is 36.4 Å². The van der Waals surface area contributed by atoms with Crippen LogP contribution in [0.5, 0.6) is 0 Å². The van der Waals surface area contributed by atoms with Gasteiger partial charge in [-0.2, -0.15) is 0 Å². The molecule has 1 heterocycles. The van der Waals surface area contributed by atoms with Gasteiger partial charge < -0.3 is 10.6 Å². The lowest BCUT2D eigenvalue weighted by molar-refractivity contribution is -0.138. The first kappa shape index (κ1) is 13.8. The summed E-state index contributed by atoms with van der Waals surface area (Å²) in [7, 11) is 0. The highest BCUT2D eigenvalue weighted by Crippen LogP contribution is 2.32. The summed E-state index contributed by atoms with van der Waals surface area (Å²) in [6.07, 6.45) is 4.22. The van der Waals surface area contributed by atoms with Gasteiger partial charge >= 0.3 is 0 Å². The predicted molar refractivity (Wildman–Crippen MR) is 78.0 cm³/mol. The molecule has 0 saturated heterocycles. The summed E-state index contributed by atoms with van der Waals surface area (Å²) in [6, 6.07) is 5.64. The van der Waals surface area contributed by atoms with E-state index in [0.29, 0.717) is 6.54 Å². The molecule has 100 valence electrons. The smallest absolute Gasteiger partial charge is 0.288 e. The second-order valence-electron chi connectivity index (χ2n) is 4.33. The summed E-state index contributed by atoms with van der Waals surface area (Å²) in [5, 5.41) is 5.69. The first-order valence-electron chi connectivity index (χ1n) is 6.18. The first-order chi connectivity index (χ1) is 9.13. The zero-order valence-electron chi connectivity index (χ0n) is 10.6. The monoisotopic (exact) mass is 322 g/mol. The third-order valence-corrected chi connectivity index (χ3v) is 3.41. The lowest BCUT2D eigenvalue weighted by atomic mass is 9.91. The van der Waals surface area contributed by atoms with Gasteiger partial charge in [0.05, 0.1) is 5.92 Å². The van der Waals surface area contributed by atoms with Crippen molar-refractivity contribution < 1.29 is 9.59 Å². The summed E-state index contributed by atoms with van der Waals surface area (Å²) < 4.78 is 0.884. The minimum atomic E-state index is -0.524. The maximum atomic E-state index is 12.2. The number of halogens is 1. The van der Waals surface area contributed by atoms with Crippen LogP contribution in [0, 0.1) is 0 Å². The Bertz CT molecular complexity index is 540. The zero-order valence-corrected chi connectivity index (χ0v) is 12.2. The van der Waals surface area contributed by atoms with E-state index in [4.69, 9.17) is 0 Å². The van der Waals surface area contributed by atoms with Crippen molar-refractivity contribution in [3.8, 4) is 0 Å². The number of rotatable bonds is 4. The van der Waals surface area contributed by atoms with Gasteiger partial charge in [0, 0.05) is 16.7 Å². The molecule has 0 aromatic heterocycles. The molecule has 0 fully saturated rings. The van der Waals surface area contributed by atoms with E-state index in [-0.39, 0.29) is 0 Å². The third-order valence-electron chi connectivity index (χ3n) is 2.92. The number of anilines is 1. The second-order valence-corrected chi connectivity index (χ2v) is 5.25. The molecule has 1 amide bonds. The molecule has 19 heavy (non-hydrogen) atoms. The minimum Gasteiger partial charge on any atom is -0.362 e. The number of Topliss-reactive ketones (excluding diaryl/α,β-unsaturated/α-hetero) is 1. The summed E-state index contributed by atoms with van der Waals surface area (Å²) in [6.45, 7) is 2.46. The normalized spacial score (nSPS) is 16.4. The SMILES string of the molecule is CCCNC(=O)C(=O)C1C=CNc2ccc(Br)cc21. The fraction of sp³-hybridized carbons (Fsp3) is 0.286. The molecule has 1 aliphatic rings. The Morgan fingerprint density at radius 1 is 1.42 bits per heavy atom. The highest BCUT2D eigenvalue weighted by atomic mass is 79.9. The van der Waals surface area contributed by atoms with Crippen LogP contribution in [-0.4, -0.2) is 18.2 Å². The lowest BCUT2D eigenvalue weighted by Crippen LogP contribution is -2.35. The molecular formula is C14H15BrN2O2. The average Bonchev–Trinajstić information content (AvgIpc) is 2.43. The number of hydrogen-bond donors (Lipinski definition) is 2. The van der Waals surface area contributed by atoms with Crippen molar-refractivity contribution in [1.29, 1.82) is 0 Å². The molecule has 0 saturated carbocycles. The van der Waals surface area contributed by atoms with Gasteiger partial charge in [-0.3, -0.25) is 9.59 Å². The number of carbonyl (C=O) groups is 2. The Hall–Kier alpha value is -1.62. The number of amides is 1. The molecule has 1 aliphatic heterocycles. The molecule has 1 aromatic rings. The quantitative estimate of drug-likeness (QED) is 0.838. The van der Waals surface area contributed by atoms with Gasteiger partial charge in [0.25, 0.3) is 5.91 Å². The van der Waals surface area contributed by atoms with Gasteiger partial charge in [0.15, 0.2) is 0 Å². The second kappa shape index (κ2) is 6.02. The van der Waals surface area contributed by atoms with Gasteiger partial charge in [-0.15, -0.1) is 0 Å². The highest BCUT2D eigenvalue weighted by molar-refractivity contribution is 9.10. The van der Waals surface area contributed by atoms with Gasteiger partial charge in [-0.25, -0.2) is 0 Å². The van der Waals surface area contributed by atoms with Crippen molar-refractivity contribution in [3.63, 3.8) is 0 Å². The molecular weight excluding hydrogens is 308 g/mol. The van der Waals surface area contributed by atoms with Crippen LogP contribution in [0.25, 0.3) is 0 Å². The molecule has 1 aromatic carbocycles. The van der Waals surface area contributed by atoms with E-state index in [1.165, 1.54) is 0 Å². The zero-order chi connectivity index (χ0) is 13.8. The van der Waals surface area contributed by atoms with E-state index in [9.17, 15) is 9.59 Å². The Balaban J connectivity index is 2.23. The van der Waals surface area contributed by atoms with E-state index in [1.54, 1.807) is 12.3 Å². The summed E-state index contributed by atoms with van der Waals surface area (Å²) in [5.74, 6) is -1.47. The van der Waals surface area contributed by atoms with Crippen molar-refractivity contribution in [1.82, 2.24) is 5.32 Å². The van der Waals surface area contributed by atoms with E-state index in [1.807, 2.05) is 25.1 Å². The molecule has 5 heteroatoms. The Morgan fingerprint density at radius 2 is 2.21 bits per heavy atom. The van der Waals surface area contributed by atoms with Crippen LogP contribution in [0.3, 0.4) is 0 Å². The molecule has 1 atom stereocenters. The van der Waals surface area contributed by atoms with E-state index in [0.717, 1.165) is 22.1 Å². The van der Waals surface area contributed by atoms with Crippen LogP contribution in [-0.2, 0) is 9.59 Å². The van der Waals surface area contributed by atoms with Crippen LogP contribution in [0.1, 0.15) is 24.8 Å². The van der Waals surface area contributed by atoms with Crippen molar-refractivity contribution >= 4 is 33.3 Å².